The first-order chi connectivity index (χ1) is 4.90. The van der Waals surface area contributed by atoms with Gasteiger partial charge in [-0.25, -0.2) is 8.42 Å². The van der Waals surface area contributed by atoms with Gasteiger partial charge >= 0.3 is 5.97 Å². The molecule has 1 saturated carbocycles. The van der Waals surface area contributed by atoms with Crippen molar-refractivity contribution in [3.8, 4) is 0 Å². The van der Waals surface area contributed by atoms with Crippen molar-refractivity contribution in [3.63, 3.8) is 0 Å². The van der Waals surface area contributed by atoms with Gasteiger partial charge in [-0.2, -0.15) is 0 Å². The SMILES string of the molecule is CS(=O)(=O)C1(C(=O)O)CCC1. The standard InChI is InChI=1S/C6H10O4S/c1-11(9,10)6(5(7)8)3-2-4-6/h2-4H2,1H3,(H,7,8). The Bertz CT molecular complexity index is 273. The zero-order chi connectivity index (χ0) is 8.70. The van der Waals surface area contributed by atoms with E-state index in [2.05, 4.69) is 0 Å². The molecule has 1 aliphatic carbocycles. The van der Waals surface area contributed by atoms with E-state index in [-0.39, 0.29) is 12.8 Å². The Morgan fingerprint density at radius 2 is 1.91 bits per heavy atom. The predicted octanol–water partition coefficient (Wildman–Crippen LogP) is 0.0383. The number of carboxylic acid groups (broad SMARTS) is 1. The predicted molar refractivity (Wildman–Crippen MR) is 39.1 cm³/mol. The van der Waals surface area contributed by atoms with Crippen molar-refractivity contribution >= 4 is 15.8 Å². The average molecular weight is 178 g/mol. The van der Waals surface area contributed by atoms with Crippen molar-refractivity contribution in [1.29, 1.82) is 0 Å². The molecular formula is C6H10O4S. The fourth-order valence-electron chi connectivity index (χ4n) is 1.24. The Kier molecular flexibility index (Phi) is 1.70. The molecule has 5 heteroatoms. The lowest BCUT2D eigenvalue weighted by molar-refractivity contribution is -0.142. The summed E-state index contributed by atoms with van der Waals surface area (Å²) in [6.07, 6.45) is 2.21. The molecule has 0 radical (unpaired) electrons. The van der Waals surface area contributed by atoms with E-state index in [0.29, 0.717) is 6.42 Å². The van der Waals surface area contributed by atoms with Crippen LogP contribution in [0.4, 0.5) is 0 Å². The fraction of sp³-hybridized carbons (Fsp3) is 0.833. The topological polar surface area (TPSA) is 71.4 Å². The third-order valence-corrected chi connectivity index (χ3v) is 4.26. The first-order valence-electron chi connectivity index (χ1n) is 3.33. The van der Waals surface area contributed by atoms with E-state index >= 15 is 0 Å². The molecule has 1 N–H and O–H groups in total. The lowest BCUT2D eigenvalue weighted by Gasteiger charge is -2.35. The molecule has 0 saturated heterocycles. The normalized spacial score (nSPS) is 22.3. The van der Waals surface area contributed by atoms with Crippen LogP contribution < -0.4 is 0 Å². The second-order valence-corrected chi connectivity index (χ2v) is 5.25. The van der Waals surface area contributed by atoms with Crippen molar-refractivity contribution in [2.45, 2.75) is 24.0 Å². The highest BCUT2D eigenvalue weighted by Crippen LogP contribution is 2.38. The lowest BCUT2D eigenvalue weighted by atomic mass is 9.84. The van der Waals surface area contributed by atoms with E-state index in [1.165, 1.54) is 0 Å². The Morgan fingerprint density at radius 1 is 1.45 bits per heavy atom. The minimum absolute atomic E-state index is 0.265. The summed E-state index contributed by atoms with van der Waals surface area (Å²) in [4.78, 5) is 10.6. The first-order valence-corrected chi connectivity index (χ1v) is 5.22. The van der Waals surface area contributed by atoms with Crippen LogP contribution in [-0.4, -0.2) is 30.5 Å². The molecular weight excluding hydrogens is 168 g/mol. The first kappa shape index (κ1) is 8.52. The number of sulfone groups is 1. The zero-order valence-corrected chi connectivity index (χ0v) is 7.02. The molecule has 0 aliphatic heterocycles. The van der Waals surface area contributed by atoms with Gasteiger partial charge in [0.2, 0.25) is 0 Å². The van der Waals surface area contributed by atoms with E-state index in [9.17, 15) is 13.2 Å². The third-order valence-electron chi connectivity index (χ3n) is 2.26. The van der Waals surface area contributed by atoms with E-state index in [4.69, 9.17) is 5.11 Å². The second kappa shape index (κ2) is 2.20. The van der Waals surface area contributed by atoms with Crippen molar-refractivity contribution in [2.24, 2.45) is 0 Å². The van der Waals surface area contributed by atoms with E-state index in [1.54, 1.807) is 0 Å². The third kappa shape index (κ3) is 1.03. The van der Waals surface area contributed by atoms with Crippen LogP contribution in [0.1, 0.15) is 19.3 Å². The van der Waals surface area contributed by atoms with Gasteiger partial charge in [-0.05, 0) is 19.3 Å². The van der Waals surface area contributed by atoms with Crippen LogP contribution in [0.5, 0.6) is 0 Å². The molecule has 0 bridgehead atoms. The zero-order valence-electron chi connectivity index (χ0n) is 6.20. The number of carbonyl (C=O) groups is 1. The summed E-state index contributed by atoms with van der Waals surface area (Å²) < 4.78 is 20.5. The summed E-state index contributed by atoms with van der Waals surface area (Å²) in [5.74, 6) is -1.20. The number of aliphatic carboxylic acids is 1. The van der Waals surface area contributed by atoms with Gasteiger partial charge in [-0.3, -0.25) is 4.79 Å². The van der Waals surface area contributed by atoms with Crippen LogP contribution in [0, 0.1) is 0 Å². The van der Waals surface area contributed by atoms with E-state index in [1.807, 2.05) is 0 Å². The minimum atomic E-state index is -3.43. The smallest absolute Gasteiger partial charge is 0.325 e. The Hall–Kier alpha value is -0.580. The van der Waals surface area contributed by atoms with Crippen LogP contribution >= 0.6 is 0 Å². The molecule has 1 fully saturated rings. The van der Waals surface area contributed by atoms with Gasteiger partial charge in [0.15, 0.2) is 14.6 Å². The molecule has 0 aromatic carbocycles. The van der Waals surface area contributed by atoms with Crippen LogP contribution in [0.25, 0.3) is 0 Å². The van der Waals surface area contributed by atoms with Crippen molar-refractivity contribution in [1.82, 2.24) is 0 Å². The van der Waals surface area contributed by atoms with Gasteiger partial charge in [0.05, 0.1) is 0 Å². The van der Waals surface area contributed by atoms with Gasteiger partial charge in [-0.15, -0.1) is 0 Å². The maximum absolute atomic E-state index is 11.0. The highest BCUT2D eigenvalue weighted by molar-refractivity contribution is 7.92. The largest absolute Gasteiger partial charge is 0.480 e. The van der Waals surface area contributed by atoms with Crippen LogP contribution in [0.15, 0.2) is 0 Å². The lowest BCUT2D eigenvalue weighted by Crippen LogP contribution is -2.51. The van der Waals surface area contributed by atoms with Crippen LogP contribution in [-0.2, 0) is 14.6 Å². The second-order valence-electron chi connectivity index (χ2n) is 2.93. The molecule has 0 heterocycles. The summed E-state index contributed by atoms with van der Waals surface area (Å²) in [7, 11) is -3.43. The van der Waals surface area contributed by atoms with Crippen molar-refractivity contribution in [3.05, 3.63) is 0 Å². The van der Waals surface area contributed by atoms with Crippen LogP contribution in [0.3, 0.4) is 0 Å². The molecule has 1 aliphatic rings. The molecule has 0 amide bonds. The van der Waals surface area contributed by atoms with Gasteiger partial charge < -0.3 is 5.11 Å². The Balaban J connectivity index is 3.04. The van der Waals surface area contributed by atoms with Gasteiger partial charge in [0.25, 0.3) is 0 Å². The number of hydrogen-bond donors (Lipinski definition) is 1. The van der Waals surface area contributed by atoms with E-state index < -0.39 is 20.6 Å². The highest BCUT2D eigenvalue weighted by Gasteiger charge is 2.53. The average Bonchev–Trinajstić information content (AvgIpc) is 1.52. The monoisotopic (exact) mass is 178 g/mol. The molecule has 1 rings (SSSR count). The Labute approximate surface area is 65.1 Å². The summed E-state index contributed by atoms with van der Waals surface area (Å²) >= 11 is 0. The molecule has 0 atom stereocenters. The van der Waals surface area contributed by atoms with E-state index in [0.717, 1.165) is 6.26 Å². The van der Waals surface area contributed by atoms with Crippen molar-refractivity contribution in [2.75, 3.05) is 6.26 Å². The summed E-state index contributed by atoms with van der Waals surface area (Å²) in [5, 5.41) is 8.64. The maximum atomic E-state index is 11.0. The van der Waals surface area contributed by atoms with Crippen LogP contribution in [0.2, 0.25) is 0 Å². The molecule has 0 aromatic rings. The van der Waals surface area contributed by atoms with Gasteiger partial charge in [-0.1, -0.05) is 0 Å². The number of carboxylic acids is 1. The highest BCUT2D eigenvalue weighted by atomic mass is 32.2. The quantitative estimate of drug-likeness (QED) is 0.648. The summed E-state index contributed by atoms with van der Waals surface area (Å²) in [6.45, 7) is 0. The summed E-state index contributed by atoms with van der Waals surface area (Å²) in [6, 6.07) is 0. The molecule has 11 heavy (non-hydrogen) atoms. The Morgan fingerprint density at radius 3 is 1.91 bits per heavy atom. The number of rotatable bonds is 2. The number of hydrogen-bond acceptors (Lipinski definition) is 3. The minimum Gasteiger partial charge on any atom is -0.480 e. The molecule has 0 spiro atoms. The maximum Gasteiger partial charge on any atom is 0.325 e. The van der Waals surface area contributed by atoms with Crippen molar-refractivity contribution < 1.29 is 18.3 Å². The molecule has 64 valence electrons. The molecule has 4 nitrogen and oxygen atoms in total. The van der Waals surface area contributed by atoms with Gasteiger partial charge in [0, 0.05) is 6.26 Å². The fourth-order valence-corrected chi connectivity index (χ4v) is 2.59. The molecule has 0 unspecified atom stereocenters. The van der Waals surface area contributed by atoms with Gasteiger partial charge in [0.1, 0.15) is 0 Å². The molecule has 0 aromatic heterocycles. The summed E-state index contributed by atoms with van der Waals surface area (Å²) in [5.41, 5.74) is 0.